The second-order valence-corrected chi connectivity index (χ2v) is 4.97. The summed E-state index contributed by atoms with van der Waals surface area (Å²) < 4.78 is 22.3. The largest absolute Gasteiger partial charge is 0.394 e. The topological polar surface area (TPSA) is 76.0 Å². The summed E-state index contributed by atoms with van der Waals surface area (Å²) in [7, 11) is -3.42. The Balaban J connectivity index is 2.82. The molecule has 90 valence electrons. The summed E-state index contributed by atoms with van der Waals surface area (Å²) in [5.41, 5.74) is 0. The van der Waals surface area contributed by atoms with Crippen molar-refractivity contribution in [2.75, 3.05) is 26.4 Å². The molecule has 5 nitrogen and oxygen atoms in total. The van der Waals surface area contributed by atoms with E-state index in [-0.39, 0.29) is 26.4 Å². The molecule has 0 aromatic heterocycles. The highest BCUT2D eigenvalue weighted by molar-refractivity contribution is 7.62. The second kappa shape index (κ2) is 6.78. The Morgan fingerprint density at radius 3 is 1.94 bits per heavy atom. The normalized spacial score (nSPS) is 11.6. The SMILES string of the molecule is O=P(OCCO)(OCCO)c1ccccc1. The average Bonchev–Trinajstić information content (AvgIpc) is 2.35. The van der Waals surface area contributed by atoms with Crippen molar-refractivity contribution in [1.82, 2.24) is 0 Å². The Morgan fingerprint density at radius 1 is 1.00 bits per heavy atom. The van der Waals surface area contributed by atoms with Crippen LogP contribution in [0.1, 0.15) is 0 Å². The van der Waals surface area contributed by atoms with Crippen molar-refractivity contribution in [3.63, 3.8) is 0 Å². The first-order chi connectivity index (χ1) is 7.73. The maximum atomic E-state index is 12.3. The predicted octanol–water partition coefficient (Wildman–Crippen LogP) is 0.523. The van der Waals surface area contributed by atoms with Gasteiger partial charge in [0, 0.05) is 0 Å². The van der Waals surface area contributed by atoms with Crippen LogP contribution >= 0.6 is 7.60 Å². The van der Waals surface area contributed by atoms with Gasteiger partial charge in [0.05, 0.1) is 31.7 Å². The highest BCUT2D eigenvalue weighted by Crippen LogP contribution is 2.46. The van der Waals surface area contributed by atoms with E-state index in [0.717, 1.165) is 0 Å². The van der Waals surface area contributed by atoms with Gasteiger partial charge in [0.15, 0.2) is 0 Å². The van der Waals surface area contributed by atoms with Crippen molar-refractivity contribution in [3.8, 4) is 0 Å². The van der Waals surface area contributed by atoms with E-state index in [2.05, 4.69) is 0 Å². The highest BCUT2D eigenvalue weighted by atomic mass is 31.2. The molecule has 0 aliphatic rings. The van der Waals surface area contributed by atoms with Crippen molar-refractivity contribution < 1.29 is 23.8 Å². The van der Waals surface area contributed by atoms with Gasteiger partial charge < -0.3 is 19.3 Å². The molecule has 0 saturated heterocycles. The molecule has 0 aliphatic heterocycles. The van der Waals surface area contributed by atoms with Crippen molar-refractivity contribution in [3.05, 3.63) is 30.3 Å². The molecule has 6 heteroatoms. The summed E-state index contributed by atoms with van der Waals surface area (Å²) in [6.07, 6.45) is 0. The molecule has 2 N–H and O–H groups in total. The summed E-state index contributed by atoms with van der Waals surface area (Å²) >= 11 is 0. The van der Waals surface area contributed by atoms with Crippen LogP contribution in [0.5, 0.6) is 0 Å². The van der Waals surface area contributed by atoms with E-state index in [4.69, 9.17) is 19.3 Å². The van der Waals surface area contributed by atoms with E-state index in [1.165, 1.54) is 0 Å². The van der Waals surface area contributed by atoms with Gasteiger partial charge in [-0.3, -0.25) is 4.57 Å². The average molecular weight is 246 g/mol. The van der Waals surface area contributed by atoms with Crippen LogP contribution < -0.4 is 5.30 Å². The molecule has 0 heterocycles. The lowest BCUT2D eigenvalue weighted by Crippen LogP contribution is -2.13. The van der Waals surface area contributed by atoms with Crippen LogP contribution in [0.4, 0.5) is 0 Å². The lowest BCUT2D eigenvalue weighted by Gasteiger charge is -2.17. The summed E-state index contributed by atoms with van der Waals surface area (Å²) in [4.78, 5) is 0. The Bertz CT molecular complexity index is 328. The standard InChI is InChI=1S/C10H15O5P/c11-6-8-14-16(13,15-9-7-12)10-4-2-1-3-5-10/h1-5,11-12H,6-9H2. The lowest BCUT2D eigenvalue weighted by molar-refractivity contribution is 0.146. The smallest absolute Gasteiger partial charge is 0.361 e. The van der Waals surface area contributed by atoms with Crippen molar-refractivity contribution in [2.24, 2.45) is 0 Å². The van der Waals surface area contributed by atoms with E-state index >= 15 is 0 Å². The summed E-state index contributed by atoms with van der Waals surface area (Å²) in [5.74, 6) is 0. The van der Waals surface area contributed by atoms with Gasteiger partial charge >= 0.3 is 7.60 Å². The van der Waals surface area contributed by atoms with Gasteiger partial charge in [0.2, 0.25) is 0 Å². The minimum absolute atomic E-state index is 0.0718. The first-order valence-corrected chi connectivity index (χ1v) is 6.43. The monoisotopic (exact) mass is 246 g/mol. The van der Waals surface area contributed by atoms with Crippen LogP contribution in [0.3, 0.4) is 0 Å². The number of aliphatic hydroxyl groups excluding tert-OH is 2. The molecule has 0 aliphatic carbocycles. The molecule has 0 spiro atoms. The fourth-order valence-electron chi connectivity index (χ4n) is 1.12. The number of hydrogen-bond donors (Lipinski definition) is 2. The molecule has 16 heavy (non-hydrogen) atoms. The number of rotatable bonds is 7. The van der Waals surface area contributed by atoms with Crippen LogP contribution in [0.25, 0.3) is 0 Å². The summed E-state index contributed by atoms with van der Waals surface area (Å²) in [5, 5.41) is 17.7. The van der Waals surface area contributed by atoms with E-state index < -0.39 is 7.60 Å². The van der Waals surface area contributed by atoms with E-state index in [1.807, 2.05) is 0 Å². The zero-order chi connectivity index (χ0) is 11.9. The van der Waals surface area contributed by atoms with Crippen LogP contribution in [0.2, 0.25) is 0 Å². The number of hydrogen-bond acceptors (Lipinski definition) is 5. The molecular weight excluding hydrogens is 231 g/mol. The van der Waals surface area contributed by atoms with Gasteiger partial charge in [0.25, 0.3) is 0 Å². The zero-order valence-electron chi connectivity index (χ0n) is 8.78. The van der Waals surface area contributed by atoms with Gasteiger partial charge in [-0.05, 0) is 12.1 Å². The minimum Gasteiger partial charge on any atom is -0.394 e. The Morgan fingerprint density at radius 2 is 1.50 bits per heavy atom. The van der Waals surface area contributed by atoms with Gasteiger partial charge in [-0.2, -0.15) is 0 Å². The van der Waals surface area contributed by atoms with Crippen LogP contribution in [-0.4, -0.2) is 36.6 Å². The van der Waals surface area contributed by atoms with Gasteiger partial charge in [-0.25, -0.2) is 0 Å². The highest BCUT2D eigenvalue weighted by Gasteiger charge is 2.26. The third-order valence-corrected chi connectivity index (χ3v) is 3.75. The Labute approximate surface area is 94.2 Å². The van der Waals surface area contributed by atoms with Crippen LogP contribution in [0.15, 0.2) is 30.3 Å². The Hall–Kier alpha value is -0.710. The summed E-state index contributed by atoms with van der Waals surface area (Å²) in [6.45, 7) is -0.617. The molecule has 0 unspecified atom stereocenters. The molecule has 0 atom stereocenters. The van der Waals surface area contributed by atoms with E-state index in [0.29, 0.717) is 5.30 Å². The molecule has 0 bridgehead atoms. The third kappa shape index (κ3) is 3.70. The number of benzene rings is 1. The summed E-state index contributed by atoms with van der Waals surface area (Å²) in [6, 6.07) is 8.45. The second-order valence-electron chi connectivity index (χ2n) is 2.95. The molecule has 1 aromatic carbocycles. The predicted molar refractivity (Wildman–Crippen MR) is 59.8 cm³/mol. The van der Waals surface area contributed by atoms with E-state index in [1.54, 1.807) is 30.3 Å². The van der Waals surface area contributed by atoms with E-state index in [9.17, 15) is 4.57 Å². The maximum absolute atomic E-state index is 12.3. The molecule has 0 amide bonds. The molecule has 0 radical (unpaired) electrons. The quantitative estimate of drug-likeness (QED) is 0.686. The van der Waals surface area contributed by atoms with Crippen molar-refractivity contribution in [2.45, 2.75) is 0 Å². The molecule has 0 saturated carbocycles. The fourth-order valence-corrected chi connectivity index (χ4v) is 2.67. The van der Waals surface area contributed by atoms with Gasteiger partial charge in [0.1, 0.15) is 0 Å². The first-order valence-electron chi connectivity index (χ1n) is 4.89. The van der Waals surface area contributed by atoms with Crippen LogP contribution in [0, 0.1) is 0 Å². The molecule has 1 rings (SSSR count). The molecule has 0 fully saturated rings. The molecular formula is C10H15O5P. The Kier molecular flexibility index (Phi) is 5.66. The fraction of sp³-hybridized carbons (Fsp3) is 0.400. The van der Waals surface area contributed by atoms with Crippen molar-refractivity contribution >= 4 is 12.9 Å². The lowest BCUT2D eigenvalue weighted by atomic mass is 10.4. The zero-order valence-corrected chi connectivity index (χ0v) is 9.68. The molecule has 1 aromatic rings. The maximum Gasteiger partial charge on any atom is 0.361 e. The van der Waals surface area contributed by atoms with Gasteiger partial charge in [-0.15, -0.1) is 0 Å². The minimum atomic E-state index is -3.42. The van der Waals surface area contributed by atoms with Gasteiger partial charge in [-0.1, -0.05) is 18.2 Å². The third-order valence-electron chi connectivity index (χ3n) is 1.78. The number of aliphatic hydroxyl groups is 2. The first kappa shape index (κ1) is 13.4. The van der Waals surface area contributed by atoms with Crippen molar-refractivity contribution in [1.29, 1.82) is 0 Å². The van der Waals surface area contributed by atoms with Crippen LogP contribution in [-0.2, 0) is 13.6 Å².